The highest BCUT2D eigenvalue weighted by Gasteiger charge is 2.57. The van der Waals surface area contributed by atoms with E-state index in [-0.39, 0.29) is 47.9 Å². The van der Waals surface area contributed by atoms with Gasteiger partial charge in [0.1, 0.15) is 23.9 Å². The largest absolute Gasteiger partial charge is 0.496 e. The molecular formula is C47H73N7O7. The highest BCUT2D eigenvalue weighted by Crippen LogP contribution is 2.61. The van der Waals surface area contributed by atoms with Crippen molar-refractivity contribution in [2.45, 2.75) is 116 Å². The average molecular weight is 848 g/mol. The van der Waals surface area contributed by atoms with Crippen molar-refractivity contribution >= 4 is 23.4 Å². The monoisotopic (exact) mass is 848 g/mol. The summed E-state index contributed by atoms with van der Waals surface area (Å²) in [5.74, 6) is 0.534. The number of nitrogens with one attached hydrogen (secondary N) is 3. The van der Waals surface area contributed by atoms with Gasteiger partial charge in [0.2, 0.25) is 11.8 Å². The van der Waals surface area contributed by atoms with E-state index >= 15 is 0 Å². The Kier molecular flexibility index (Phi) is 14.5. The maximum atomic E-state index is 14.4. The van der Waals surface area contributed by atoms with E-state index < -0.39 is 30.2 Å². The lowest BCUT2D eigenvalue weighted by atomic mass is 9.45. The van der Waals surface area contributed by atoms with Crippen LogP contribution in [0.4, 0.5) is 5.69 Å². The van der Waals surface area contributed by atoms with Crippen molar-refractivity contribution in [1.29, 1.82) is 0 Å². The summed E-state index contributed by atoms with van der Waals surface area (Å²) in [6.45, 7) is 11.9. The van der Waals surface area contributed by atoms with Crippen molar-refractivity contribution in [2.24, 2.45) is 29.1 Å². The van der Waals surface area contributed by atoms with Gasteiger partial charge in [0.05, 0.1) is 26.4 Å². The number of ether oxygens (including phenoxy) is 1. The van der Waals surface area contributed by atoms with E-state index in [1.807, 2.05) is 55.4 Å². The number of likely N-dealkylation sites (N-methyl/N-ethyl adjacent to an activating group) is 2. The van der Waals surface area contributed by atoms with E-state index in [2.05, 4.69) is 55.6 Å². The number of benzene rings is 2. The van der Waals surface area contributed by atoms with Gasteiger partial charge in [-0.2, -0.15) is 5.06 Å². The fraction of sp³-hybridized carbons (Fsp3) is 0.681. The van der Waals surface area contributed by atoms with E-state index in [1.54, 1.807) is 38.1 Å². The summed E-state index contributed by atoms with van der Waals surface area (Å²) in [4.78, 5) is 54.5. The van der Waals surface area contributed by atoms with E-state index in [4.69, 9.17) is 9.57 Å². The lowest BCUT2D eigenvalue weighted by molar-refractivity contribution is -0.183. The van der Waals surface area contributed by atoms with Crippen LogP contribution in [0.25, 0.3) is 11.1 Å². The highest BCUT2D eigenvalue weighted by atomic mass is 16.7. The summed E-state index contributed by atoms with van der Waals surface area (Å²) in [5, 5.41) is 33.0. The number of para-hydroxylation sites is 1. The molecule has 5 N–H and O–H groups in total. The minimum absolute atomic E-state index is 0.0155. The van der Waals surface area contributed by atoms with Crippen molar-refractivity contribution < 1.29 is 34.2 Å². The minimum atomic E-state index is -0.925. The van der Waals surface area contributed by atoms with Crippen LogP contribution >= 0.6 is 0 Å². The Balaban J connectivity index is 1.30. The van der Waals surface area contributed by atoms with Gasteiger partial charge in [0, 0.05) is 81.3 Å². The van der Waals surface area contributed by atoms with Gasteiger partial charge in [-0.1, -0.05) is 58.7 Å². The number of anilines is 1. The van der Waals surface area contributed by atoms with Gasteiger partial charge in [-0.15, -0.1) is 0 Å². The van der Waals surface area contributed by atoms with Crippen molar-refractivity contribution in [3.05, 3.63) is 47.5 Å². The number of aliphatic hydroxyl groups excluding tert-OH is 2. The molecule has 1 unspecified atom stereocenters. The summed E-state index contributed by atoms with van der Waals surface area (Å²) >= 11 is 0. The lowest BCUT2D eigenvalue weighted by Gasteiger charge is -2.62. The number of hydroxylamine groups is 2. The predicted molar refractivity (Wildman–Crippen MR) is 238 cm³/mol. The zero-order valence-electron chi connectivity index (χ0n) is 38.5. The number of unbranched alkanes of at least 4 members (excludes halogenated alkanes) is 1. The van der Waals surface area contributed by atoms with Gasteiger partial charge in [0.15, 0.2) is 0 Å². The summed E-state index contributed by atoms with van der Waals surface area (Å²) in [6.07, 6.45) is 3.81. The fourth-order valence-electron chi connectivity index (χ4n) is 11.0. The van der Waals surface area contributed by atoms with Gasteiger partial charge in [-0.3, -0.25) is 24.1 Å². The van der Waals surface area contributed by atoms with E-state index in [1.165, 1.54) is 6.42 Å². The molecule has 2 aliphatic heterocycles. The van der Waals surface area contributed by atoms with Crippen LogP contribution in [0.3, 0.4) is 0 Å². The first-order valence-electron chi connectivity index (χ1n) is 22.3. The van der Waals surface area contributed by atoms with E-state index in [9.17, 15) is 24.6 Å². The van der Waals surface area contributed by atoms with Crippen LogP contribution in [-0.4, -0.2) is 141 Å². The molecule has 5 aliphatic rings. The van der Waals surface area contributed by atoms with Gasteiger partial charge >= 0.3 is 0 Å². The fourth-order valence-corrected chi connectivity index (χ4v) is 11.0. The molecule has 61 heavy (non-hydrogen) atoms. The molecule has 2 heterocycles. The Morgan fingerprint density at radius 2 is 1.85 bits per heavy atom. The molecule has 5 fully saturated rings. The van der Waals surface area contributed by atoms with Crippen molar-refractivity contribution in [3.63, 3.8) is 0 Å². The number of carbonyl (C=O) groups is 3. The number of carbonyl (C=O) groups excluding carboxylic acids is 3. The van der Waals surface area contributed by atoms with E-state index in [0.717, 1.165) is 61.3 Å². The molecule has 3 aliphatic carbocycles. The maximum absolute atomic E-state index is 14.4. The Labute approximate surface area is 363 Å². The molecule has 2 aromatic carbocycles. The Bertz CT molecular complexity index is 1890. The minimum Gasteiger partial charge on any atom is -0.496 e. The van der Waals surface area contributed by atoms with Crippen LogP contribution in [0.2, 0.25) is 0 Å². The first-order valence-corrected chi connectivity index (χ1v) is 22.3. The molecule has 14 nitrogen and oxygen atoms in total. The van der Waals surface area contributed by atoms with Crippen LogP contribution in [0, 0.1) is 29.1 Å². The summed E-state index contributed by atoms with van der Waals surface area (Å²) in [5.41, 5.74) is 3.34. The number of methoxy groups -OCH3 is 1. The number of nitrogens with zero attached hydrogens (tertiary/aromatic N) is 4. The molecule has 2 bridgehead atoms. The molecular weight excluding hydrogens is 775 g/mol. The number of hydrogen-bond donors (Lipinski definition) is 5. The van der Waals surface area contributed by atoms with Crippen molar-refractivity contribution in [1.82, 2.24) is 30.8 Å². The Morgan fingerprint density at radius 1 is 1.11 bits per heavy atom. The average Bonchev–Trinajstić information content (AvgIpc) is 3.78. The molecule has 10 atom stereocenters. The number of rotatable bonds is 17. The van der Waals surface area contributed by atoms with Crippen LogP contribution in [-0.2, 0) is 21.0 Å². The summed E-state index contributed by atoms with van der Waals surface area (Å²) in [7, 11) is 10.9. The predicted octanol–water partition coefficient (Wildman–Crippen LogP) is 4.09. The molecule has 2 saturated heterocycles. The standard InChI is InChI=1S/C47H73N7O7/c1-12-13-17-47(26-48-27-53(47)10)23-38(45(59)52(8)9)50-43(57)32-18-31(19-34(20-32)51(6)7)35-16-14-15-30(42(35)60-11)24-54-41(40(29(3)56)39(25-55)61-54)44(58)49-37-22-33-21-36(28(37)2)46(33,4)5/h14-16,18-20,28-29,33,36-41,48,55-56H,12-13,17,21-27H2,1-11H3,(H,49,58)(H,50,57)/t28-,29-,33+,36-,37-,38-,39-,40-,41-,47?/m0/s1. The van der Waals surface area contributed by atoms with Crippen molar-refractivity contribution in [2.75, 3.05) is 67.1 Å². The van der Waals surface area contributed by atoms with Gasteiger partial charge in [0.25, 0.3) is 5.91 Å². The Morgan fingerprint density at radius 3 is 2.43 bits per heavy atom. The maximum Gasteiger partial charge on any atom is 0.252 e. The zero-order chi connectivity index (χ0) is 44.6. The number of hydrogen-bond acceptors (Lipinski definition) is 11. The normalized spacial score (nSPS) is 29.4. The van der Waals surface area contributed by atoms with Gasteiger partial charge in [-0.25, -0.2) is 0 Å². The molecule has 3 amide bonds. The molecule has 7 rings (SSSR count). The SMILES string of the molecule is CCCCC1(C[C@H](NC(=O)c2cc(-c3cccc(CN4O[C@@H](CO)[C@H]([C@H](C)O)[C@H]4C(=O)N[C@H]4C[C@H]5C[C@@H]([C@@H]4C)C5(C)C)c3OC)cc(N(C)C)c2)C(=O)N(C)C)CNCN1C. The zero-order valence-corrected chi connectivity index (χ0v) is 38.5. The smallest absolute Gasteiger partial charge is 0.252 e. The number of amides is 3. The third kappa shape index (κ3) is 9.31. The van der Waals surface area contributed by atoms with Crippen LogP contribution in [0.5, 0.6) is 5.75 Å². The van der Waals surface area contributed by atoms with E-state index in [0.29, 0.717) is 35.5 Å². The molecule has 3 saturated carbocycles. The second-order valence-corrected chi connectivity index (χ2v) is 19.5. The number of fused-ring (bicyclic) bond motifs is 2. The molecule has 0 aromatic heterocycles. The third-order valence-electron chi connectivity index (χ3n) is 14.9. The first-order chi connectivity index (χ1) is 28.9. The molecule has 2 aromatic rings. The molecule has 0 radical (unpaired) electrons. The van der Waals surface area contributed by atoms with Gasteiger partial charge in [-0.05, 0) is 86.6 Å². The quantitative estimate of drug-likeness (QED) is 0.156. The molecule has 338 valence electrons. The summed E-state index contributed by atoms with van der Waals surface area (Å²) in [6, 6.07) is 9.79. The van der Waals surface area contributed by atoms with Crippen LogP contribution in [0.15, 0.2) is 36.4 Å². The number of aliphatic hydroxyl groups is 2. The van der Waals surface area contributed by atoms with Crippen molar-refractivity contribution in [3.8, 4) is 16.9 Å². The first kappa shape index (κ1) is 46.7. The van der Waals surface area contributed by atoms with Crippen LogP contribution < -0.4 is 25.6 Å². The Hall–Kier alpha value is -3.79. The molecule has 14 heteroatoms. The second-order valence-electron chi connectivity index (χ2n) is 19.5. The summed E-state index contributed by atoms with van der Waals surface area (Å²) < 4.78 is 6.13. The lowest BCUT2D eigenvalue weighted by Crippen LogP contribution is -2.62. The third-order valence-corrected chi connectivity index (χ3v) is 14.9. The molecule has 0 spiro atoms. The second kappa shape index (κ2) is 18.9. The van der Waals surface area contributed by atoms with Gasteiger partial charge < -0.3 is 40.7 Å². The highest BCUT2D eigenvalue weighted by molar-refractivity contribution is 5.99. The topological polar surface area (TPSA) is 159 Å². The van der Waals surface area contributed by atoms with Crippen LogP contribution in [0.1, 0.15) is 89.1 Å².